The van der Waals surface area contributed by atoms with E-state index >= 15 is 0 Å². The summed E-state index contributed by atoms with van der Waals surface area (Å²) < 4.78 is 0. The van der Waals surface area contributed by atoms with Crippen molar-refractivity contribution >= 4 is 5.97 Å². The van der Waals surface area contributed by atoms with Crippen LogP contribution in [0.25, 0.3) is 0 Å². The minimum absolute atomic E-state index is 0.177. The molecule has 0 spiro atoms. The summed E-state index contributed by atoms with van der Waals surface area (Å²) in [6, 6.07) is 3.97. The molecule has 22 heavy (non-hydrogen) atoms. The van der Waals surface area contributed by atoms with Gasteiger partial charge in [0.2, 0.25) is 0 Å². The number of aromatic hydroxyl groups is 1. The van der Waals surface area contributed by atoms with Crippen LogP contribution >= 0.6 is 0 Å². The monoisotopic (exact) mass is 304 g/mol. The fourth-order valence-corrected chi connectivity index (χ4v) is 2.38. The highest BCUT2D eigenvalue weighted by molar-refractivity contribution is 5.85. The summed E-state index contributed by atoms with van der Waals surface area (Å²) in [5.41, 5.74) is 2.69. The summed E-state index contributed by atoms with van der Waals surface area (Å²) >= 11 is 0. The van der Waals surface area contributed by atoms with Gasteiger partial charge < -0.3 is 10.2 Å². The van der Waals surface area contributed by atoms with E-state index in [0.29, 0.717) is 18.6 Å². The molecule has 0 aliphatic carbocycles. The molecule has 0 bridgehead atoms. The van der Waals surface area contributed by atoms with Gasteiger partial charge in [0, 0.05) is 5.57 Å². The zero-order valence-corrected chi connectivity index (χ0v) is 14.6. The summed E-state index contributed by atoms with van der Waals surface area (Å²) in [5, 5.41) is 19.6. The van der Waals surface area contributed by atoms with Gasteiger partial charge in [-0.25, -0.2) is 4.79 Å². The number of aliphatic carboxylic acids is 1. The number of aryl methyl sites for hydroxylation is 1. The van der Waals surface area contributed by atoms with Crippen molar-refractivity contribution in [2.24, 2.45) is 0 Å². The second-order valence-corrected chi connectivity index (χ2v) is 7.95. The highest BCUT2D eigenvalue weighted by Gasteiger charge is 2.26. The van der Waals surface area contributed by atoms with E-state index in [9.17, 15) is 9.90 Å². The standard InChI is InChI=1S/C19H28O3/c1-12(17(21)22)8-9-13-10-14(18(2,3)4)16(20)15(11-13)19(5,6)7/h10-11,20H,1,8-9H2,2-7H3,(H,21,22). The average molecular weight is 304 g/mol. The van der Waals surface area contributed by atoms with Crippen LogP contribution in [0.4, 0.5) is 0 Å². The maximum atomic E-state index is 10.9. The van der Waals surface area contributed by atoms with Crippen LogP contribution in [-0.2, 0) is 22.0 Å². The number of phenolic OH excluding ortho intramolecular Hbond substituents is 1. The molecule has 1 aromatic carbocycles. The first-order valence-corrected chi connectivity index (χ1v) is 7.62. The van der Waals surface area contributed by atoms with E-state index in [4.69, 9.17) is 5.11 Å². The number of benzene rings is 1. The topological polar surface area (TPSA) is 57.5 Å². The Morgan fingerprint density at radius 2 is 1.45 bits per heavy atom. The van der Waals surface area contributed by atoms with Gasteiger partial charge in [-0.3, -0.25) is 0 Å². The van der Waals surface area contributed by atoms with Crippen LogP contribution in [0.3, 0.4) is 0 Å². The smallest absolute Gasteiger partial charge is 0.330 e. The highest BCUT2D eigenvalue weighted by Crippen LogP contribution is 2.40. The minimum Gasteiger partial charge on any atom is -0.507 e. The van der Waals surface area contributed by atoms with E-state index in [1.165, 1.54) is 0 Å². The van der Waals surface area contributed by atoms with Crippen LogP contribution in [0.2, 0.25) is 0 Å². The summed E-state index contributed by atoms with van der Waals surface area (Å²) in [5.74, 6) is -0.605. The Morgan fingerprint density at radius 1 is 1.05 bits per heavy atom. The number of rotatable bonds is 4. The fourth-order valence-electron chi connectivity index (χ4n) is 2.38. The van der Waals surface area contributed by atoms with Gasteiger partial charge in [-0.2, -0.15) is 0 Å². The molecule has 1 rings (SSSR count). The number of carbonyl (C=O) groups is 1. The third-order valence-corrected chi connectivity index (χ3v) is 3.80. The molecule has 0 amide bonds. The van der Waals surface area contributed by atoms with Gasteiger partial charge in [-0.1, -0.05) is 60.3 Å². The summed E-state index contributed by atoms with van der Waals surface area (Å²) in [4.78, 5) is 10.9. The van der Waals surface area contributed by atoms with E-state index in [1.54, 1.807) is 0 Å². The molecule has 2 N–H and O–H groups in total. The molecule has 122 valence electrons. The van der Waals surface area contributed by atoms with E-state index in [2.05, 4.69) is 48.1 Å². The van der Waals surface area contributed by atoms with Crippen LogP contribution in [0.5, 0.6) is 5.75 Å². The van der Waals surface area contributed by atoms with Gasteiger partial charge in [0.25, 0.3) is 0 Å². The second kappa shape index (κ2) is 6.15. The Hall–Kier alpha value is -1.77. The first-order chi connectivity index (χ1) is 9.84. The predicted octanol–water partition coefficient (Wildman–Crippen LogP) is 4.56. The third-order valence-electron chi connectivity index (χ3n) is 3.80. The fraction of sp³-hybridized carbons (Fsp3) is 0.526. The number of hydrogen-bond donors (Lipinski definition) is 2. The maximum Gasteiger partial charge on any atom is 0.330 e. The van der Waals surface area contributed by atoms with E-state index in [1.807, 2.05) is 12.1 Å². The van der Waals surface area contributed by atoms with Gasteiger partial charge in [-0.15, -0.1) is 0 Å². The van der Waals surface area contributed by atoms with Crippen molar-refractivity contribution in [2.45, 2.75) is 65.2 Å². The number of carboxylic acid groups (broad SMARTS) is 1. The molecule has 0 radical (unpaired) electrons. The normalized spacial score (nSPS) is 12.3. The van der Waals surface area contributed by atoms with Crippen molar-refractivity contribution in [1.29, 1.82) is 0 Å². The lowest BCUT2D eigenvalue weighted by Crippen LogP contribution is -2.18. The molecule has 0 aromatic heterocycles. The Morgan fingerprint density at radius 3 is 1.77 bits per heavy atom. The van der Waals surface area contributed by atoms with Crippen LogP contribution in [0.1, 0.15) is 64.7 Å². The molecule has 0 unspecified atom stereocenters. The molecular formula is C19H28O3. The lowest BCUT2D eigenvalue weighted by Gasteiger charge is -2.28. The summed E-state index contributed by atoms with van der Waals surface area (Å²) in [7, 11) is 0. The lowest BCUT2D eigenvalue weighted by atomic mass is 9.78. The first-order valence-electron chi connectivity index (χ1n) is 7.62. The highest BCUT2D eigenvalue weighted by atomic mass is 16.4. The second-order valence-electron chi connectivity index (χ2n) is 7.95. The Bertz CT molecular complexity index is 549. The van der Waals surface area contributed by atoms with Gasteiger partial charge in [0.05, 0.1) is 0 Å². The number of hydrogen-bond acceptors (Lipinski definition) is 2. The van der Waals surface area contributed by atoms with Crippen molar-refractivity contribution in [3.8, 4) is 5.75 Å². The van der Waals surface area contributed by atoms with Gasteiger partial charge >= 0.3 is 5.97 Å². The molecule has 0 aliphatic rings. The molecule has 0 heterocycles. The van der Waals surface area contributed by atoms with Gasteiger partial charge in [-0.05, 0) is 40.4 Å². The van der Waals surface area contributed by atoms with Crippen LogP contribution in [0.15, 0.2) is 24.3 Å². The summed E-state index contributed by atoms with van der Waals surface area (Å²) in [6.45, 7) is 16.0. The third kappa shape index (κ3) is 4.36. The largest absolute Gasteiger partial charge is 0.507 e. The molecule has 0 saturated carbocycles. The quantitative estimate of drug-likeness (QED) is 0.802. The van der Waals surface area contributed by atoms with E-state index in [-0.39, 0.29) is 16.4 Å². The predicted molar refractivity (Wildman–Crippen MR) is 90.6 cm³/mol. The van der Waals surface area contributed by atoms with Crippen LogP contribution < -0.4 is 0 Å². The molecule has 0 saturated heterocycles. The lowest BCUT2D eigenvalue weighted by molar-refractivity contribution is -0.132. The van der Waals surface area contributed by atoms with Crippen LogP contribution in [0, 0.1) is 0 Å². The Balaban J connectivity index is 3.30. The van der Waals surface area contributed by atoms with Crippen molar-refractivity contribution < 1.29 is 15.0 Å². The van der Waals surface area contributed by atoms with Crippen molar-refractivity contribution in [1.82, 2.24) is 0 Å². The molecule has 0 fully saturated rings. The average Bonchev–Trinajstić information content (AvgIpc) is 2.33. The van der Waals surface area contributed by atoms with Crippen molar-refractivity contribution in [2.75, 3.05) is 0 Å². The van der Waals surface area contributed by atoms with E-state index < -0.39 is 5.97 Å². The Kier molecular flexibility index (Phi) is 5.11. The van der Waals surface area contributed by atoms with Gasteiger partial charge in [0.15, 0.2) is 0 Å². The molecular weight excluding hydrogens is 276 g/mol. The minimum atomic E-state index is -0.953. The first kappa shape index (κ1) is 18.3. The molecule has 0 aliphatic heterocycles. The SMILES string of the molecule is C=C(CCc1cc(C(C)(C)C)c(O)c(C(C)(C)C)c1)C(=O)O. The number of carboxylic acids is 1. The Labute approximate surface area is 133 Å². The molecule has 3 heteroatoms. The van der Waals surface area contributed by atoms with Crippen LogP contribution in [-0.4, -0.2) is 16.2 Å². The van der Waals surface area contributed by atoms with Gasteiger partial charge in [0.1, 0.15) is 5.75 Å². The van der Waals surface area contributed by atoms with Crippen molar-refractivity contribution in [3.63, 3.8) is 0 Å². The summed E-state index contributed by atoms with van der Waals surface area (Å²) in [6.07, 6.45) is 1.02. The molecule has 0 atom stereocenters. The molecule has 3 nitrogen and oxygen atoms in total. The van der Waals surface area contributed by atoms with Crippen molar-refractivity contribution in [3.05, 3.63) is 41.0 Å². The molecule has 1 aromatic rings. The maximum absolute atomic E-state index is 10.9. The zero-order valence-electron chi connectivity index (χ0n) is 14.6. The number of phenols is 1. The zero-order chi connectivity index (χ0) is 17.3. The van der Waals surface area contributed by atoms with E-state index in [0.717, 1.165) is 16.7 Å².